The molecule has 0 radical (unpaired) electrons. The Balaban J connectivity index is 2.18. The van der Waals surface area contributed by atoms with Crippen molar-refractivity contribution in [3.8, 4) is 0 Å². The summed E-state index contributed by atoms with van der Waals surface area (Å²) in [4.78, 5) is 7.44. The molecule has 0 amide bonds. The van der Waals surface area contributed by atoms with Gasteiger partial charge < -0.3 is 5.73 Å². The van der Waals surface area contributed by atoms with E-state index in [2.05, 4.69) is 14.7 Å². The maximum absolute atomic E-state index is 12.0. The fourth-order valence-corrected chi connectivity index (χ4v) is 2.78. The third kappa shape index (κ3) is 3.80. The van der Waals surface area contributed by atoms with Gasteiger partial charge in [0, 0.05) is 11.8 Å². The molecule has 3 N–H and O–H groups in total. The Morgan fingerprint density at radius 3 is 2.68 bits per heavy atom. The second kappa shape index (κ2) is 5.41. The normalized spacial score (nSPS) is 11.2. The van der Waals surface area contributed by atoms with Crippen LogP contribution in [0.1, 0.15) is 5.56 Å². The average molecular weight is 299 g/mol. The van der Waals surface area contributed by atoms with E-state index in [-0.39, 0.29) is 16.7 Å². The molecule has 2 rings (SSSR count). The minimum Gasteiger partial charge on any atom is -0.398 e. The van der Waals surface area contributed by atoms with Gasteiger partial charge in [-0.1, -0.05) is 29.8 Å². The monoisotopic (exact) mass is 298 g/mol. The predicted octanol–water partition coefficient (Wildman–Crippen LogP) is 1.65. The van der Waals surface area contributed by atoms with Crippen LogP contribution in [-0.4, -0.2) is 18.4 Å². The second-order valence-electron chi connectivity index (χ2n) is 3.79. The molecular weight excluding hydrogens is 288 g/mol. The molecule has 0 atom stereocenters. The number of nitrogens with two attached hydrogens (primary N) is 1. The SMILES string of the molecule is Nc1ccccc1CS(=O)(=O)Nc1cc(Cl)ncn1. The molecule has 6 nitrogen and oxygen atoms in total. The van der Waals surface area contributed by atoms with Crippen molar-refractivity contribution < 1.29 is 8.42 Å². The lowest BCUT2D eigenvalue weighted by molar-refractivity contribution is 0.600. The van der Waals surface area contributed by atoms with Gasteiger partial charge in [0.25, 0.3) is 0 Å². The lowest BCUT2D eigenvalue weighted by atomic mass is 10.2. The molecule has 0 saturated carbocycles. The minimum absolute atomic E-state index is 0.120. The molecule has 0 aliphatic heterocycles. The topological polar surface area (TPSA) is 98.0 Å². The molecule has 0 aliphatic carbocycles. The first-order chi connectivity index (χ1) is 8.96. The van der Waals surface area contributed by atoms with Gasteiger partial charge in [0.05, 0.1) is 5.75 Å². The molecule has 0 unspecified atom stereocenters. The number of benzene rings is 1. The second-order valence-corrected chi connectivity index (χ2v) is 5.90. The molecule has 0 saturated heterocycles. The zero-order chi connectivity index (χ0) is 13.9. The molecule has 0 spiro atoms. The van der Waals surface area contributed by atoms with E-state index in [9.17, 15) is 8.42 Å². The number of aromatic nitrogens is 2. The number of halogens is 1. The highest BCUT2D eigenvalue weighted by Gasteiger charge is 2.14. The van der Waals surface area contributed by atoms with E-state index in [4.69, 9.17) is 17.3 Å². The molecule has 1 heterocycles. The van der Waals surface area contributed by atoms with Crippen LogP contribution in [0.25, 0.3) is 0 Å². The number of nitrogen functional groups attached to an aromatic ring is 1. The number of para-hydroxylation sites is 1. The average Bonchev–Trinajstić information content (AvgIpc) is 2.31. The van der Waals surface area contributed by atoms with Gasteiger partial charge in [0.15, 0.2) is 0 Å². The summed E-state index contributed by atoms with van der Waals surface area (Å²) in [6.07, 6.45) is 1.18. The van der Waals surface area contributed by atoms with Gasteiger partial charge in [0.1, 0.15) is 17.3 Å². The van der Waals surface area contributed by atoms with Crippen molar-refractivity contribution in [2.24, 2.45) is 0 Å². The van der Waals surface area contributed by atoms with Crippen LogP contribution in [0.5, 0.6) is 0 Å². The zero-order valence-corrected chi connectivity index (χ0v) is 11.3. The van der Waals surface area contributed by atoms with Gasteiger partial charge in [-0.3, -0.25) is 4.72 Å². The van der Waals surface area contributed by atoms with E-state index < -0.39 is 10.0 Å². The molecule has 1 aromatic carbocycles. The first kappa shape index (κ1) is 13.6. The van der Waals surface area contributed by atoms with E-state index in [1.54, 1.807) is 24.3 Å². The first-order valence-corrected chi connectivity index (χ1v) is 7.31. The van der Waals surface area contributed by atoms with Gasteiger partial charge >= 0.3 is 0 Å². The zero-order valence-electron chi connectivity index (χ0n) is 9.75. The first-order valence-electron chi connectivity index (χ1n) is 5.28. The number of rotatable bonds is 4. The van der Waals surface area contributed by atoms with Crippen molar-refractivity contribution in [1.29, 1.82) is 0 Å². The van der Waals surface area contributed by atoms with Crippen LogP contribution in [-0.2, 0) is 15.8 Å². The van der Waals surface area contributed by atoms with Crippen LogP contribution >= 0.6 is 11.6 Å². The van der Waals surface area contributed by atoms with Crippen molar-refractivity contribution in [2.45, 2.75) is 5.75 Å². The molecule has 1 aromatic heterocycles. The molecule has 0 aliphatic rings. The van der Waals surface area contributed by atoms with Gasteiger partial charge in [-0.2, -0.15) is 0 Å². The molecule has 2 aromatic rings. The molecule has 0 fully saturated rings. The lowest BCUT2D eigenvalue weighted by Gasteiger charge is -2.08. The van der Waals surface area contributed by atoms with Crippen LogP contribution in [0, 0.1) is 0 Å². The Labute approximate surface area is 115 Å². The van der Waals surface area contributed by atoms with Crippen LogP contribution in [0.3, 0.4) is 0 Å². The van der Waals surface area contributed by atoms with Crippen LogP contribution < -0.4 is 10.5 Å². The molecular formula is C11H11ClN4O2S. The van der Waals surface area contributed by atoms with Crippen molar-refractivity contribution in [3.63, 3.8) is 0 Å². The third-order valence-electron chi connectivity index (χ3n) is 2.29. The number of hydrogen-bond donors (Lipinski definition) is 2. The number of nitrogens with one attached hydrogen (secondary N) is 1. The Hall–Kier alpha value is -1.86. The fourth-order valence-electron chi connectivity index (χ4n) is 1.46. The van der Waals surface area contributed by atoms with Gasteiger partial charge in [-0.05, 0) is 11.6 Å². The summed E-state index contributed by atoms with van der Waals surface area (Å²) in [7, 11) is -3.61. The quantitative estimate of drug-likeness (QED) is 0.660. The van der Waals surface area contributed by atoms with Crippen LogP contribution in [0.4, 0.5) is 11.5 Å². The number of anilines is 2. The minimum atomic E-state index is -3.61. The molecule has 19 heavy (non-hydrogen) atoms. The summed E-state index contributed by atoms with van der Waals surface area (Å²) >= 11 is 5.65. The Morgan fingerprint density at radius 2 is 2.00 bits per heavy atom. The highest BCUT2D eigenvalue weighted by atomic mass is 35.5. The molecule has 0 bridgehead atoms. The van der Waals surface area contributed by atoms with E-state index in [1.807, 2.05) is 0 Å². The van der Waals surface area contributed by atoms with Crippen LogP contribution in [0.2, 0.25) is 5.15 Å². The van der Waals surface area contributed by atoms with E-state index in [1.165, 1.54) is 12.4 Å². The maximum Gasteiger partial charge on any atom is 0.238 e. The van der Waals surface area contributed by atoms with Crippen LogP contribution in [0.15, 0.2) is 36.7 Å². The largest absolute Gasteiger partial charge is 0.398 e. The number of nitrogens with zero attached hydrogens (tertiary/aromatic N) is 2. The van der Waals surface area contributed by atoms with Crippen molar-refractivity contribution in [1.82, 2.24) is 9.97 Å². The Kier molecular flexibility index (Phi) is 3.87. The fraction of sp³-hybridized carbons (Fsp3) is 0.0909. The highest BCUT2D eigenvalue weighted by molar-refractivity contribution is 7.91. The van der Waals surface area contributed by atoms with Crippen molar-refractivity contribution in [2.75, 3.05) is 10.5 Å². The Morgan fingerprint density at radius 1 is 1.26 bits per heavy atom. The summed E-state index contributed by atoms with van der Waals surface area (Å²) in [5.74, 6) is -0.115. The summed E-state index contributed by atoms with van der Waals surface area (Å²) in [5, 5.41) is 0.159. The standard InChI is InChI=1S/C11H11ClN4O2S/c12-10-5-11(15-7-14-10)16-19(17,18)6-8-3-1-2-4-9(8)13/h1-5,7H,6,13H2,(H,14,15,16). The summed E-state index contributed by atoms with van der Waals surface area (Å²) in [6, 6.07) is 8.09. The molecule has 100 valence electrons. The van der Waals surface area contributed by atoms with Crippen molar-refractivity contribution >= 4 is 33.1 Å². The maximum atomic E-state index is 12.0. The van der Waals surface area contributed by atoms with E-state index in [0.717, 1.165) is 0 Å². The van der Waals surface area contributed by atoms with Gasteiger partial charge in [-0.25, -0.2) is 18.4 Å². The van der Waals surface area contributed by atoms with E-state index in [0.29, 0.717) is 11.3 Å². The number of sulfonamides is 1. The van der Waals surface area contributed by atoms with Gasteiger partial charge in [-0.15, -0.1) is 0 Å². The summed E-state index contributed by atoms with van der Waals surface area (Å²) < 4.78 is 26.2. The smallest absolute Gasteiger partial charge is 0.238 e. The Bertz CT molecular complexity index is 691. The van der Waals surface area contributed by atoms with E-state index >= 15 is 0 Å². The van der Waals surface area contributed by atoms with Gasteiger partial charge in [0.2, 0.25) is 10.0 Å². The third-order valence-corrected chi connectivity index (χ3v) is 3.71. The summed E-state index contributed by atoms with van der Waals surface area (Å²) in [6.45, 7) is 0. The highest BCUT2D eigenvalue weighted by Crippen LogP contribution is 2.16. The molecule has 8 heteroatoms. The summed E-state index contributed by atoms with van der Waals surface area (Å²) in [5.41, 5.74) is 6.65. The van der Waals surface area contributed by atoms with Crippen molar-refractivity contribution in [3.05, 3.63) is 47.4 Å². The predicted molar refractivity (Wildman–Crippen MR) is 74.1 cm³/mol. The number of hydrogen-bond acceptors (Lipinski definition) is 5. The lowest BCUT2D eigenvalue weighted by Crippen LogP contribution is -2.16.